The zero-order valence-electron chi connectivity index (χ0n) is 16.7. The monoisotopic (exact) mass is 424 g/mol. The molecular weight excluding hydrogens is 400 g/mol. The molecule has 1 saturated carbocycles. The number of anilines is 1. The van der Waals surface area contributed by atoms with Crippen LogP contribution in [0.4, 0.5) is 10.7 Å². The van der Waals surface area contributed by atoms with E-state index in [1.807, 2.05) is 19.1 Å². The van der Waals surface area contributed by atoms with Crippen molar-refractivity contribution in [3.63, 3.8) is 0 Å². The topological polar surface area (TPSA) is 109 Å². The van der Waals surface area contributed by atoms with Gasteiger partial charge in [-0.1, -0.05) is 6.07 Å². The Kier molecular flexibility index (Phi) is 6.39. The van der Waals surface area contributed by atoms with Crippen molar-refractivity contribution < 1.29 is 9.59 Å². The average Bonchev–Trinajstić information content (AvgIpc) is 3.04. The van der Waals surface area contributed by atoms with Crippen LogP contribution in [0.5, 0.6) is 0 Å². The smallest absolute Gasteiger partial charge is 0.290 e. The van der Waals surface area contributed by atoms with E-state index in [0.717, 1.165) is 55.4 Å². The number of imide groups is 1. The highest BCUT2D eigenvalue weighted by Crippen LogP contribution is 2.25. The maximum Gasteiger partial charge on any atom is 0.290 e. The number of nitrogens with zero attached hydrogens (tertiary/aromatic N) is 3. The number of aromatic nitrogens is 3. The molecule has 156 valence electrons. The Bertz CT molecular complexity index is 971. The summed E-state index contributed by atoms with van der Waals surface area (Å²) in [6, 6.07) is 8.62. The third kappa shape index (κ3) is 5.43. The van der Waals surface area contributed by atoms with E-state index in [2.05, 4.69) is 37.0 Å². The van der Waals surface area contributed by atoms with Crippen molar-refractivity contribution >= 4 is 34.9 Å². The summed E-state index contributed by atoms with van der Waals surface area (Å²) in [6.07, 6.45) is 7.47. The summed E-state index contributed by atoms with van der Waals surface area (Å²) in [7, 11) is 0. The third-order valence-corrected chi connectivity index (χ3v) is 5.99. The summed E-state index contributed by atoms with van der Waals surface area (Å²) in [5, 5.41) is 8.90. The quantitative estimate of drug-likeness (QED) is 0.607. The van der Waals surface area contributed by atoms with Gasteiger partial charge in [0.15, 0.2) is 0 Å². The van der Waals surface area contributed by atoms with Gasteiger partial charge in [-0.2, -0.15) is 0 Å². The molecule has 2 amide bonds. The van der Waals surface area contributed by atoms with Crippen molar-refractivity contribution in [1.82, 2.24) is 25.6 Å². The number of amides is 2. The highest BCUT2D eigenvalue weighted by atomic mass is 32.2. The Labute approximate surface area is 179 Å². The van der Waals surface area contributed by atoms with Crippen molar-refractivity contribution in [3.05, 3.63) is 52.4 Å². The summed E-state index contributed by atoms with van der Waals surface area (Å²) in [6.45, 7) is 2.80. The summed E-state index contributed by atoms with van der Waals surface area (Å²) in [5.41, 5.74) is 2.71. The second-order valence-electron chi connectivity index (χ2n) is 7.50. The Hall–Kier alpha value is -2.78. The molecule has 0 bridgehead atoms. The first-order valence-corrected chi connectivity index (χ1v) is 10.9. The van der Waals surface area contributed by atoms with Crippen LogP contribution in [-0.2, 0) is 11.3 Å². The molecule has 2 aromatic heterocycles. The van der Waals surface area contributed by atoms with Gasteiger partial charge in [0, 0.05) is 30.5 Å². The number of carbonyl (C=O) groups is 2. The SMILES string of the molecule is Cc1cccc(CNC2CCC(Nc3nccc(C=C4SC(=O)NC4=O)n3)CC2)n1. The van der Waals surface area contributed by atoms with Gasteiger partial charge < -0.3 is 10.6 Å². The van der Waals surface area contributed by atoms with E-state index >= 15 is 0 Å². The maximum atomic E-state index is 11.7. The first-order valence-electron chi connectivity index (χ1n) is 10.1. The summed E-state index contributed by atoms with van der Waals surface area (Å²) < 4.78 is 0. The summed E-state index contributed by atoms with van der Waals surface area (Å²) in [5.74, 6) is 0.157. The van der Waals surface area contributed by atoms with Gasteiger partial charge in [0.25, 0.3) is 11.1 Å². The molecule has 4 rings (SSSR count). The number of thioether (sulfide) groups is 1. The fourth-order valence-electron chi connectivity index (χ4n) is 3.65. The van der Waals surface area contributed by atoms with Crippen molar-refractivity contribution in [2.24, 2.45) is 0 Å². The van der Waals surface area contributed by atoms with Gasteiger partial charge in [0.2, 0.25) is 5.95 Å². The number of carbonyl (C=O) groups excluding carboxylic acids is 2. The molecule has 1 aliphatic heterocycles. The highest BCUT2D eigenvalue weighted by Gasteiger charge is 2.25. The molecule has 0 atom stereocenters. The second kappa shape index (κ2) is 9.36. The van der Waals surface area contributed by atoms with Crippen molar-refractivity contribution in [2.45, 2.75) is 51.2 Å². The molecule has 3 heterocycles. The Morgan fingerprint density at radius 2 is 1.93 bits per heavy atom. The van der Waals surface area contributed by atoms with Crippen molar-refractivity contribution in [3.8, 4) is 0 Å². The van der Waals surface area contributed by atoms with Crippen LogP contribution in [0.2, 0.25) is 0 Å². The van der Waals surface area contributed by atoms with Crippen LogP contribution in [0, 0.1) is 6.92 Å². The van der Waals surface area contributed by atoms with Crippen LogP contribution < -0.4 is 16.0 Å². The number of nitrogens with one attached hydrogen (secondary N) is 3. The predicted octanol–water partition coefficient (Wildman–Crippen LogP) is 3.02. The van der Waals surface area contributed by atoms with Gasteiger partial charge in [-0.3, -0.25) is 19.9 Å². The zero-order chi connectivity index (χ0) is 20.9. The summed E-state index contributed by atoms with van der Waals surface area (Å²) >= 11 is 0.883. The fraction of sp³-hybridized carbons (Fsp3) is 0.381. The Balaban J connectivity index is 1.27. The number of hydrogen-bond donors (Lipinski definition) is 3. The molecule has 0 spiro atoms. The molecular formula is C21H24N6O2S. The molecule has 2 aromatic rings. The number of hydrogen-bond acceptors (Lipinski definition) is 8. The second-order valence-corrected chi connectivity index (χ2v) is 8.52. The van der Waals surface area contributed by atoms with Crippen LogP contribution in [-0.4, -0.2) is 38.2 Å². The molecule has 2 aliphatic rings. The van der Waals surface area contributed by atoms with Gasteiger partial charge in [0.05, 0.1) is 16.3 Å². The minimum atomic E-state index is -0.384. The van der Waals surface area contributed by atoms with E-state index < -0.39 is 0 Å². The first kappa shape index (κ1) is 20.5. The molecule has 9 heteroatoms. The lowest BCUT2D eigenvalue weighted by Crippen LogP contribution is -2.37. The van der Waals surface area contributed by atoms with Gasteiger partial charge >= 0.3 is 0 Å². The van der Waals surface area contributed by atoms with E-state index in [9.17, 15) is 9.59 Å². The average molecular weight is 425 g/mol. The summed E-state index contributed by atoms with van der Waals surface area (Å²) in [4.78, 5) is 36.6. The first-order chi connectivity index (χ1) is 14.5. The minimum absolute atomic E-state index is 0.314. The van der Waals surface area contributed by atoms with Gasteiger partial charge in [-0.25, -0.2) is 9.97 Å². The van der Waals surface area contributed by atoms with E-state index in [4.69, 9.17) is 0 Å². The largest absolute Gasteiger partial charge is 0.351 e. The molecule has 0 aromatic carbocycles. The molecule has 0 unspecified atom stereocenters. The lowest BCUT2D eigenvalue weighted by molar-refractivity contribution is -0.115. The molecule has 8 nitrogen and oxygen atoms in total. The van der Waals surface area contributed by atoms with Crippen molar-refractivity contribution in [1.29, 1.82) is 0 Å². The maximum absolute atomic E-state index is 11.7. The van der Waals surface area contributed by atoms with Gasteiger partial charge in [0.1, 0.15) is 0 Å². The highest BCUT2D eigenvalue weighted by molar-refractivity contribution is 8.18. The Morgan fingerprint density at radius 1 is 1.13 bits per heavy atom. The van der Waals surface area contributed by atoms with Crippen LogP contribution in [0.15, 0.2) is 35.4 Å². The lowest BCUT2D eigenvalue weighted by atomic mass is 9.91. The van der Waals surface area contributed by atoms with E-state index in [1.54, 1.807) is 18.3 Å². The van der Waals surface area contributed by atoms with Crippen LogP contribution in [0.25, 0.3) is 6.08 Å². The molecule has 3 N–H and O–H groups in total. The fourth-order valence-corrected chi connectivity index (χ4v) is 4.32. The molecule has 30 heavy (non-hydrogen) atoms. The molecule has 0 radical (unpaired) electrons. The Morgan fingerprint density at radius 3 is 2.67 bits per heavy atom. The zero-order valence-corrected chi connectivity index (χ0v) is 17.5. The van der Waals surface area contributed by atoms with E-state index in [1.165, 1.54) is 0 Å². The minimum Gasteiger partial charge on any atom is -0.351 e. The number of pyridine rings is 1. The molecule has 1 aliphatic carbocycles. The van der Waals surface area contributed by atoms with Crippen molar-refractivity contribution in [2.75, 3.05) is 5.32 Å². The van der Waals surface area contributed by atoms with Gasteiger partial charge in [-0.15, -0.1) is 0 Å². The third-order valence-electron chi connectivity index (χ3n) is 5.18. The lowest BCUT2D eigenvalue weighted by Gasteiger charge is -2.29. The molecule has 2 fully saturated rings. The number of aryl methyl sites for hydroxylation is 1. The molecule has 1 saturated heterocycles. The number of rotatable bonds is 6. The standard InChI is InChI=1S/C21H24N6O2S/c1-13-3-2-4-17(24-13)12-23-14-5-7-15(8-6-14)25-20-22-10-9-16(26-20)11-18-19(28)27-21(29)30-18/h2-4,9-11,14-15,23H,5-8,12H2,1H3,(H,22,25,26)(H,27,28,29). The van der Waals surface area contributed by atoms with E-state index in [0.29, 0.717) is 28.6 Å². The van der Waals surface area contributed by atoms with E-state index in [-0.39, 0.29) is 11.1 Å². The van der Waals surface area contributed by atoms with Gasteiger partial charge in [-0.05, 0) is 68.6 Å². The van der Waals surface area contributed by atoms with Crippen LogP contribution in [0.1, 0.15) is 42.8 Å². The van der Waals surface area contributed by atoms with Crippen LogP contribution in [0.3, 0.4) is 0 Å². The van der Waals surface area contributed by atoms with Crippen LogP contribution >= 0.6 is 11.8 Å². The predicted molar refractivity (Wildman–Crippen MR) is 117 cm³/mol. The normalized spacial score (nSPS) is 22.9.